The Morgan fingerprint density at radius 2 is 1.86 bits per heavy atom. The van der Waals surface area contributed by atoms with E-state index in [1.54, 1.807) is 0 Å². The molecule has 1 saturated carbocycles. The van der Waals surface area contributed by atoms with E-state index in [9.17, 15) is 9.59 Å². The molecule has 2 aliphatic rings. The third kappa shape index (κ3) is 1.98. The zero-order chi connectivity index (χ0) is 15.3. The second kappa shape index (κ2) is 4.83. The molecule has 0 radical (unpaired) electrons. The lowest BCUT2D eigenvalue weighted by molar-refractivity contribution is -0.141. The van der Waals surface area contributed by atoms with Gasteiger partial charge < -0.3 is 10.0 Å². The molecule has 2 aromatic rings. The number of amides is 1. The Balaban J connectivity index is 1.64. The number of rotatable bonds is 2. The van der Waals surface area contributed by atoms with E-state index in [0.717, 1.165) is 28.3 Å². The minimum atomic E-state index is -0.739. The predicted molar refractivity (Wildman–Crippen MR) is 82.6 cm³/mol. The van der Waals surface area contributed by atoms with E-state index in [0.29, 0.717) is 19.4 Å². The first-order chi connectivity index (χ1) is 10.6. The van der Waals surface area contributed by atoms with Gasteiger partial charge in [-0.2, -0.15) is 0 Å². The number of benzene rings is 2. The molecule has 1 fully saturated rings. The van der Waals surface area contributed by atoms with Gasteiger partial charge in [0.1, 0.15) is 0 Å². The number of carbonyl (C=O) groups is 2. The van der Waals surface area contributed by atoms with Crippen LogP contribution in [0.4, 0.5) is 0 Å². The SMILES string of the molecule is O=C(O)C1CCC(N2Cc3cc4ccccc4cc3C2=O)C1. The summed E-state index contributed by atoms with van der Waals surface area (Å²) in [5.74, 6) is -0.991. The fourth-order valence-electron chi connectivity index (χ4n) is 3.79. The largest absolute Gasteiger partial charge is 0.481 e. The summed E-state index contributed by atoms with van der Waals surface area (Å²) in [7, 11) is 0. The number of carbonyl (C=O) groups excluding carboxylic acids is 1. The molecular weight excluding hydrogens is 278 g/mol. The fourth-order valence-corrected chi connectivity index (χ4v) is 3.79. The molecule has 22 heavy (non-hydrogen) atoms. The third-order valence-corrected chi connectivity index (χ3v) is 5.00. The van der Waals surface area contributed by atoms with Crippen LogP contribution in [0.5, 0.6) is 0 Å². The molecule has 1 aliphatic carbocycles. The van der Waals surface area contributed by atoms with Crippen LogP contribution in [0, 0.1) is 5.92 Å². The van der Waals surface area contributed by atoms with Gasteiger partial charge in [0.15, 0.2) is 0 Å². The summed E-state index contributed by atoms with van der Waals surface area (Å²) in [6.07, 6.45) is 2.03. The Kier molecular flexibility index (Phi) is 2.93. The number of carboxylic acids is 1. The lowest BCUT2D eigenvalue weighted by atomic mass is 10.0. The van der Waals surface area contributed by atoms with Crippen molar-refractivity contribution in [1.82, 2.24) is 4.90 Å². The second-order valence-corrected chi connectivity index (χ2v) is 6.29. The summed E-state index contributed by atoms with van der Waals surface area (Å²) in [5, 5.41) is 11.4. The van der Waals surface area contributed by atoms with Crippen LogP contribution in [-0.4, -0.2) is 27.9 Å². The summed E-state index contributed by atoms with van der Waals surface area (Å²) in [6.45, 7) is 0.607. The molecule has 1 heterocycles. The van der Waals surface area contributed by atoms with Crippen molar-refractivity contribution < 1.29 is 14.7 Å². The van der Waals surface area contributed by atoms with E-state index < -0.39 is 5.97 Å². The van der Waals surface area contributed by atoms with Crippen molar-refractivity contribution in [2.24, 2.45) is 5.92 Å². The summed E-state index contributed by atoms with van der Waals surface area (Å²) in [5.41, 5.74) is 1.83. The van der Waals surface area contributed by atoms with Gasteiger partial charge in [0, 0.05) is 18.2 Å². The fraction of sp³-hybridized carbons (Fsp3) is 0.333. The maximum Gasteiger partial charge on any atom is 0.306 e. The third-order valence-electron chi connectivity index (χ3n) is 5.00. The highest BCUT2D eigenvalue weighted by molar-refractivity contribution is 6.02. The zero-order valence-electron chi connectivity index (χ0n) is 12.2. The quantitative estimate of drug-likeness (QED) is 0.926. The number of hydrogen-bond donors (Lipinski definition) is 1. The number of nitrogens with zero attached hydrogens (tertiary/aromatic N) is 1. The molecule has 2 aromatic carbocycles. The highest BCUT2D eigenvalue weighted by Crippen LogP contribution is 2.36. The molecule has 0 bridgehead atoms. The summed E-state index contributed by atoms with van der Waals surface area (Å²) in [6, 6.07) is 12.2. The molecule has 0 spiro atoms. The molecule has 4 heteroatoms. The van der Waals surface area contributed by atoms with Crippen LogP contribution in [0.1, 0.15) is 35.2 Å². The monoisotopic (exact) mass is 295 g/mol. The first kappa shape index (κ1) is 13.3. The van der Waals surface area contributed by atoms with E-state index >= 15 is 0 Å². The molecule has 2 unspecified atom stereocenters. The van der Waals surface area contributed by atoms with Gasteiger partial charge in [0.05, 0.1) is 5.92 Å². The maximum atomic E-state index is 12.7. The molecular formula is C18H17NO3. The van der Waals surface area contributed by atoms with Crippen molar-refractivity contribution in [2.75, 3.05) is 0 Å². The molecule has 1 amide bonds. The van der Waals surface area contributed by atoms with Crippen LogP contribution < -0.4 is 0 Å². The Labute approximate surface area is 128 Å². The van der Waals surface area contributed by atoms with E-state index in [1.807, 2.05) is 29.2 Å². The van der Waals surface area contributed by atoms with Crippen LogP contribution in [0.15, 0.2) is 36.4 Å². The van der Waals surface area contributed by atoms with Crippen molar-refractivity contribution in [3.8, 4) is 0 Å². The Morgan fingerprint density at radius 1 is 1.14 bits per heavy atom. The normalized spacial score (nSPS) is 24.0. The molecule has 4 nitrogen and oxygen atoms in total. The van der Waals surface area contributed by atoms with Gasteiger partial charge in [-0.15, -0.1) is 0 Å². The van der Waals surface area contributed by atoms with Crippen molar-refractivity contribution in [2.45, 2.75) is 31.8 Å². The van der Waals surface area contributed by atoms with Crippen LogP contribution in [0.25, 0.3) is 10.8 Å². The van der Waals surface area contributed by atoms with E-state index in [-0.39, 0.29) is 17.9 Å². The van der Waals surface area contributed by atoms with Gasteiger partial charge in [-0.3, -0.25) is 9.59 Å². The molecule has 4 rings (SSSR count). The first-order valence-corrected chi connectivity index (χ1v) is 7.69. The average Bonchev–Trinajstić information content (AvgIpc) is 3.11. The van der Waals surface area contributed by atoms with Gasteiger partial charge in [-0.1, -0.05) is 24.3 Å². The van der Waals surface area contributed by atoms with Crippen LogP contribution in [0.3, 0.4) is 0 Å². The Bertz CT molecular complexity index is 783. The molecule has 1 N–H and O–H groups in total. The number of fused-ring (bicyclic) bond motifs is 2. The van der Waals surface area contributed by atoms with Crippen LogP contribution in [-0.2, 0) is 11.3 Å². The molecule has 112 valence electrons. The second-order valence-electron chi connectivity index (χ2n) is 6.29. The lowest BCUT2D eigenvalue weighted by Crippen LogP contribution is -2.34. The van der Waals surface area contributed by atoms with Gasteiger partial charge in [-0.25, -0.2) is 0 Å². The van der Waals surface area contributed by atoms with E-state index in [4.69, 9.17) is 5.11 Å². The molecule has 2 atom stereocenters. The van der Waals surface area contributed by atoms with Crippen molar-refractivity contribution in [1.29, 1.82) is 0 Å². The molecule has 1 aliphatic heterocycles. The highest BCUT2D eigenvalue weighted by atomic mass is 16.4. The highest BCUT2D eigenvalue weighted by Gasteiger charge is 2.39. The van der Waals surface area contributed by atoms with Crippen molar-refractivity contribution in [3.63, 3.8) is 0 Å². The lowest BCUT2D eigenvalue weighted by Gasteiger charge is -2.23. The standard InChI is InChI=1S/C18H17NO3/c20-17-16-9-12-4-2-1-3-11(12)7-14(16)10-19(17)15-6-5-13(8-15)18(21)22/h1-4,7,9,13,15H,5-6,8,10H2,(H,21,22). The summed E-state index contributed by atoms with van der Waals surface area (Å²) < 4.78 is 0. The number of carboxylic acid groups (broad SMARTS) is 1. The maximum absolute atomic E-state index is 12.7. The molecule has 0 aromatic heterocycles. The van der Waals surface area contributed by atoms with Crippen molar-refractivity contribution in [3.05, 3.63) is 47.5 Å². The minimum absolute atomic E-state index is 0.0526. The van der Waals surface area contributed by atoms with Gasteiger partial charge in [0.25, 0.3) is 5.91 Å². The minimum Gasteiger partial charge on any atom is -0.481 e. The smallest absolute Gasteiger partial charge is 0.306 e. The van der Waals surface area contributed by atoms with Gasteiger partial charge in [0.2, 0.25) is 0 Å². The Hall–Kier alpha value is -2.36. The predicted octanol–water partition coefficient (Wildman–Crippen LogP) is 3.05. The van der Waals surface area contributed by atoms with Crippen LogP contribution >= 0.6 is 0 Å². The van der Waals surface area contributed by atoms with Crippen LogP contribution in [0.2, 0.25) is 0 Å². The topological polar surface area (TPSA) is 57.6 Å². The van der Waals surface area contributed by atoms with Crippen molar-refractivity contribution >= 4 is 22.6 Å². The van der Waals surface area contributed by atoms with Gasteiger partial charge >= 0.3 is 5.97 Å². The number of aliphatic carboxylic acids is 1. The molecule has 0 saturated heterocycles. The van der Waals surface area contributed by atoms with Gasteiger partial charge in [-0.05, 0) is 47.7 Å². The number of hydrogen-bond acceptors (Lipinski definition) is 2. The zero-order valence-corrected chi connectivity index (χ0v) is 12.2. The first-order valence-electron chi connectivity index (χ1n) is 7.69. The summed E-state index contributed by atoms with van der Waals surface area (Å²) in [4.78, 5) is 25.7. The Morgan fingerprint density at radius 3 is 2.55 bits per heavy atom. The van der Waals surface area contributed by atoms with E-state index in [2.05, 4.69) is 12.1 Å². The summed E-state index contributed by atoms with van der Waals surface area (Å²) >= 11 is 0. The average molecular weight is 295 g/mol. The van der Waals surface area contributed by atoms with E-state index in [1.165, 1.54) is 0 Å².